The predicted octanol–water partition coefficient (Wildman–Crippen LogP) is 1.90. The molecule has 1 saturated heterocycles. The molecular weight excluding hydrogens is 238 g/mol. The van der Waals surface area contributed by atoms with E-state index in [0.717, 1.165) is 25.9 Å². The zero-order valence-corrected chi connectivity index (χ0v) is 12.6. The zero-order valence-electron chi connectivity index (χ0n) is 12.6. The lowest BCUT2D eigenvalue weighted by atomic mass is 9.61. The van der Waals surface area contributed by atoms with Crippen LogP contribution in [0.15, 0.2) is 0 Å². The number of nitrogens with one attached hydrogen (secondary N) is 1. The highest BCUT2D eigenvalue weighted by atomic mass is 16.2. The topological polar surface area (TPSA) is 58.4 Å². The summed E-state index contributed by atoms with van der Waals surface area (Å²) in [7, 11) is 0. The molecule has 0 bridgehead atoms. The van der Waals surface area contributed by atoms with Crippen molar-refractivity contribution < 1.29 is 4.79 Å². The molecule has 1 aliphatic heterocycles. The van der Waals surface area contributed by atoms with Crippen LogP contribution in [0.2, 0.25) is 0 Å². The highest BCUT2D eigenvalue weighted by Gasteiger charge is 2.45. The maximum atomic E-state index is 12.5. The van der Waals surface area contributed by atoms with E-state index in [-0.39, 0.29) is 23.3 Å². The van der Waals surface area contributed by atoms with E-state index in [0.29, 0.717) is 5.92 Å². The van der Waals surface area contributed by atoms with E-state index in [4.69, 9.17) is 5.73 Å². The number of carbonyl (C=O) groups is 1. The van der Waals surface area contributed by atoms with E-state index in [1.807, 2.05) is 0 Å². The van der Waals surface area contributed by atoms with Crippen LogP contribution in [0.3, 0.4) is 0 Å². The number of hydrogen-bond acceptors (Lipinski definition) is 3. The van der Waals surface area contributed by atoms with Gasteiger partial charge >= 0.3 is 0 Å². The van der Waals surface area contributed by atoms with Crippen LogP contribution in [0.1, 0.15) is 52.9 Å². The van der Waals surface area contributed by atoms with Crippen molar-refractivity contribution in [1.29, 1.82) is 0 Å². The summed E-state index contributed by atoms with van der Waals surface area (Å²) in [5, 5.41) is 2.10. The second-order valence-electron chi connectivity index (χ2n) is 6.93. The Kier molecular flexibility index (Phi) is 4.51. The first kappa shape index (κ1) is 14.8. The van der Waals surface area contributed by atoms with Crippen LogP contribution >= 0.6 is 0 Å². The summed E-state index contributed by atoms with van der Waals surface area (Å²) in [4.78, 5) is 12.5. The van der Waals surface area contributed by atoms with Crippen LogP contribution < -0.4 is 11.2 Å². The quantitative estimate of drug-likeness (QED) is 0.803. The van der Waals surface area contributed by atoms with Crippen LogP contribution in [-0.4, -0.2) is 30.0 Å². The molecule has 0 aromatic carbocycles. The van der Waals surface area contributed by atoms with Gasteiger partial charge in [-0.2, -0.15) is 0 Å². The number of rotatable bonds is 2. The van der Waals surface area contributed by atoms with E-state index >= 15 is 0 Å². The summed E-state index contributed by atoms with van der Waals surface area (Å²) in [6.45, 7) is 8.56. The number of amides is 1. The van der Waals surface area contributed by atoms with Crippen LogP contribution in [0.5, 0.6) is 0 Å². The van der Waals surface area contributed by atoms with Crippen molar-refractivity contribution in [3.8, 4) is 0 Å². The Morgan fingerprint density at radius 1 is 1.21 bits per heavy atom. The first-order valence-corrected chi connectivity index (χ1v) is 7.74. The fourth-order valence-corrected chi connectivity index (χ4v) is 3.56. The molecule has 1 amide bonds. The normalized spacial score (nSPS) is 35.9. The number of carbonyl (C=O) groups excluding carboxylic acids is 1. The lowest BCUT2D eigenvalue weighted by Gasteiger charge is -2.46. The van der Waals surface area contributed by atoms with Crippen molar-refractivity contribution in [2.45, 2.75) is 58.9 Å². The lowest BCUT2D eigenvalue weighted by molar-refractivity contribution is -0.138. The Morgan fingerprint density at radius 3 is 2.47 bits per heavy atom. The van der Waals surface area contributed by atoms with Gasteiger partial charge in [0.1, 0.15) is 0 Å². The SMILES string of the molecule is CC1C(N)CCC(C(=O)NN2CCCCC2)C1(C)C. The maximum absolute atomic E-state index is 12.5. The summed E-state index contributed by atoms with van der Waals surface area (Å²) in [5.74, 6) is 0.674. The average Bonchev–Trinajstić information content (AvgIpc) is 2.37. The van der Waals surface area contributed by atoms with E-state index in [2.05, 4.69) is 31.2 Å². The first-order chi connectivity index (χ1) is 8.93. The van der Waals surface area contributed by atoms with Gasteiger partial charge in [0.25, 0.3) is 0 Å². The molecular formula is C15H29N3O. The highest BCUT2D eigenvalue weighted by Crippen LogP contribution is 2.44. The van der Waals surface area contributed by atoms with Gasteiger partial charge in [-0.25, -0.2) is 5.01 Å². The molecule has 1 aliphatic carbocycles. The van der Waals surface area contributed by atoms with Crippen LogP contribution in [0.25, 0.3) is 0 Å². The summed E-state index contributed by atoms with van der Waals surface area (Å²) < 4.78 is 0. The molecule has 4 nitrogen and oxygen atoms in total. The first-order valence-electron chi connectivity index (χ1n) is 7.74. The van der Waals surface area contributed by atoms with Crippen molar-refractivity contribution in [3.05, 3.63) is 0 Å². The van der Waals surface area contributed by atoms with Gasteiger partial charge < -0.3 is 5.73 Å². The lowest BCUT2D eigenvalue weighted by Crippen LogP contribution is -2.55. The molecule has 4 heteroatoms. The van der Waals surface area contributed by atoms with Crippen molar-refractivity contribution >= 4 is 5.91 Å². The third-order valence-electron chi connectivity index (χ3n) is 5.44. The molecule has 0 aromatic heterocycles. The minimum Gasteiger partial charge on any atom is -0.327 e. The Hall–Kier alpha value is -0.610. The van der Waals surface area contributed by atoms with Gasteiger partial charge in [-0.3, -0.25) is 10.2 Å². The van der Waals surface area contributed by atoms with E-state index < -0.39 is 0 Å². The molecule has 2 rings (SSSR count). The Bertz CT molecular complexity index is 323. The van der Waals surface area contributed by atoms with Crippen molar-refractivity contribution in [3.63, 3.8) is 0 Å². The molecule has 110 valence electrons. The molecule has 3 unspecified atom stereocenters. The van der Waals surface area contributed by atoms with Crippen molar-refractivity contribution in [2.24, 2.45) is 23.0 Å². The van der Waals surface area contributed by atoms with Crippen molar-refractivity contribution in [1.82, 2.24) is 10.4 Å². The van der Waals surface area contributed by atoms with Gasteiger partial charge in [-0.05, 0) is 37.0 Å². The Labute approximate surface area is 117 Å². The summed E-state index contributed by atoms with van der Waals surface area (Å²) in [5.41, 5.74) is 9.28. The molecule has 2 fully saturated rings. The molecule has 0 radical (unpaired) electrons. The van der Waals surface area contributed by atoms with E-state index in [1.54, 1.807) is 0 Å². The van der Waals surface area contributed by atoms with Gasteiger partial charge in [0.05, 0.1) is 0 Å². The van der Waals surface area contributed by atoms with Crippen LogP contribution in [-0.2, 0) is 4.79 Å². The van der Waals surface area contributed by atoms with Gasteiger partial charge in [0, 0.05) is 25.0 Å². The van der Waals surface area contributed by atoms with Gasteiger partial charge in [-0.15, -0.1) is 0 Å². The molecule has 1 heterocycles. The molecule has 19 heavy (non-hydrogen) atoms. The number of hydrazine groups is 1. The fourth-order valence-electron chi connectivity index (χ4n) is 3.56. The summed E-state index contributed by atoms with van der Waals surface area (Å²) in [6, 6.07) is 0.231. The van der Waals surface area contributed by atoms with E-state index in [9.17, 15) is 4.79 Å². The molecule has 1 saturated carbocycles. The summed E-state index contributed by atoms with van der Waals surface area (Å²) >= 11 is 0. The minimum atomic E-state index is -0.0163. The maximum Gasteiger partial charge on any atom is 0.237 e. The molecule has 3 N–H and O–H groups in total. The monoisotopic (exact) mass is 267 g/mol. The third kappa shape index (κ3) is 3.11. The number of hydrogen-bond donors (Lipinski definition) is 2. The smallest absolute Gasteiger partial charge is 0.237 e. The Balaban J connectivity index is 1.97. The second kappa shape index (κ2) is 5.80. The van der Waals surface area contributed by atoms with Gasteiger partial charge in [-0.1, -0.05) is 27.2 Å². The fraction of sp³-hybridized carbons (Fsp3) is 0.933. The van der Waals surface area contributed by atoms with Crippen LogP contribution in [0, 0.1) is 17.3 Å². The molecule has 0 aromatic rings. The van der Waals surface area contributed by atoms with Crippen LogP contribution in [0.4, 0.5) is 0 Å². The minimum absolute atomic E-state index is 0.0163. The standard InChI is InChI=1S/C15H29N3O/c1-11-13(16)8-7-12(15(11,2)3)14(19)17-18-9-5-4-6-10-18/h11-13H,4-10,16H2,1-3H3,(H,17,19). The Morgan fingerprint density at radius 2 is 1.84 bits per heavy atom. The number of nitrogens with two attached hydrogens (primary N) is 1. The second-order valence-corrected chi connectivity index (χ2v) is 6.93. The molecule has 0 spiro atoms. The zero-order chi connectivity index (χ0) is 14.0. The average molecular weight is 267 g/mol. The molecule has 3 atom stereocenters. The number of nitrogens with zero attached hydrogens (tertiary/aromatic N) is 1. The van der Waals surface area contributed by atoms with Gasteiger partial charge in [0.15, 0.2) is 0 Å². The number of piperidine rings is 1. The van der Waals surface area contributed by atoms with E-state index in [1.165, 1.54) is 19.3 Å². The largest absolute Gasteiger partial charge is 0.327 e. The van der Waals surface area contributed by atoms with Crippen molar-refractivity contribution in [2.75, 3.05) is 13.1 Å². The summed E-state index contributed by atoms with van der Waals surface area (Å²) in [6.07, 6.45) is 5.54. The molecule has 2 aliphatic rings. The highest BCUT2D eigenvalue weighted by molar-refractivity contribution is 5.79. The predicted molar refractivity (Wildman–Crippen MR) is 77.2 cm³/mol. The third-order valence-corrected chi connectivity index (χ3v) is 5.44. The van der Waals surface area contributed by atoms with Gasteiger partial charge in [0.2, 0.25) is 5.91 Å².